The number of hydrogen-bond acceptors (Lipinski definition) is 4. The van der Waals surface area contributed by atoms with Gasteiger partial charge in [-0.2, -0.15) is 0 Å². The second-order valence-corrected chi connectivity index (χ2v) is 7.62. The van der Waals surface area contributed by atoms with Crippen LogP contribution in [0.4, 0.5) is 0 Å². The molecular formula is C20H28N4O. The van der Waals surface area contributed by atoms with Crippen molar-refractivity contribution in [2.24, 2.45) is 0 Å². The minimum absolute atomic E-state index is 0.131. The van der Waals surface area contributed by atoms with Crippen molar-refractivity contribution >= 4 is 10.9 Å². The van der Waals surface area contributed by atoms with Crippen molar-refractivity contribution in [1.82, 2.24) is 20.1 Å². The first-order valence-corrected chi connectivity index (χ1v) is 9.40. The molecule has 25 heavy (non-hydrogen) atoms. The van der Waals surface area contributed by atoms with Gasteiger partial charge in [-0.05, 0) is 44.0 Å². The highest BCUT2D eigenvalue weighted by molar-refractivity contribution is 5.82. The minimum Gasteiger partial charge on any atom is -0.357 e. The molecule has 5 nitrogen and oxygen atoms in total. The number of aryl methyl sites for hydroxylation is 2. The number of hydrogen-bond donors (Lipinski definition) is 2. The quantitative estimate of drug-likeness (QED) is 0.892. The van der Waals surface area contributed by atoms with Crippen LogP contribution >= 0.6 is 0 Å². The molecule has 3 heterocycles. The number of rotatable bonds is 3. The van der Waals surface area contributed by atoms with Crippen LogP contribution in [0.3, 0.4) is 0 Å². The first-order chi connectivity index (χ1) is 12.1. The summed E-state index contributed by atoms with van der Waals surface area (Å²) >= 11 is 0. The molecule has 1 unspecified atom stereocenters. The van der Waals surface area contributed by atoms with Crippen molar-refractivity contribution in [3.8, 4) is 0 Å². The van der Waals surface area contributed by atoms with Crippen molar-refractivity contribution in [2.75, 3.05) is 39.3 Å². The SMILES string of the molecule is Cc1cc(C)c2[nH]c(CN3CCN(C4CCNC4)CC3)cc(=O)c2c1. The molecule has 0 saturated carbocycles. The number of fused-ring (bicyclic) bond motifs is 1. The molecule has 1 aromatic carbocycles. The number of piperazine rings is 1. The van der Waals surface area contributed by atoms with Gasteiger partial charge in [-0.3, -0.25) is 14.6 Å². The van der Waals surface area contributed by atoms with Gasteiger partial charge in [0.05, 0.1) is 5.52 Å². The van der Waals surface area contributed by atoms with Crippen LogP contribution in [-0.4, -0.2) is 60.1 Å². The molecule has 0 spiro atoms. The third-order valence-electron chi connectivity index (χ3n) is 5.69. The molecule has 2 aromatic rings. The molecule has 2 aliphatic heterocycles. The summed E-state index contributed by atoms with van der Waals surface area (Å²) in [5.74, 6) is 0. The highest BCUT2D eigenvalue weighted by Crippen LogP contribution is 2.18. The number of nitrogens with one attached hydrogen (secondary N) is 2. The average molecular weight is 340 g/mol. The largest absolute Gasteiger partial charge is 0.357 e. The lowest BCUT2D eigenvalue weighted by atomic mass is 10.1. The lowest BCUT2D eigenvalue weighted by Crippen LogP contribution is -2.50. The highest BCUT2D eigenvalue weighted by Gasteiger charge is 2.26. The number of aromatic amines is 1. The van der Waals surface area contributed by atoms with Crippen LogP contribution in [0.2, 0.25) is 0 Å². The monoisotopic (exact) mass is 340 g/mol. The lowest BCUT2D eigenvalue weighted by molar-refractivity contribution is 0.0974. The topological polar surface area (TPSA) is 51.4 Å². The Morgan fingerprint density at radius 2 is 1.92 bits per heavy atom. The zero-order valence-electron chi connectivity index (χ0n) is 15.3. The van der Waals surface area contributed by atoms with E-state index in [0.717, 1.165) is 73.5 Å². The Morgan fingerprint density at radius 3 is 2.64 bits per heavy atom. The first kappa shape index (κ1) is 16.8. The normalized spacial score (nSPS) is 22.7. The second kappa shape index (κ2) is 6.90. The molecule has 2 aliphatic rings. The summed E-state index contributed by atoms with van der Waals surface area (Å²) in [6.45, 7) is 11.6. The zero-order valence-corrected chi connectivity index (χ0v) is 15.3. The predicted molar refractivity (Wildman–Crippen MR) is 102 cm³/mol. The summed E-state index contributed by atoms with van der Waals surface area (Å²) in [7, 11) is 0. The summed E-state index contributed by atoms with van der Waals surface area (Å²) in [5, 5.41) is 4.26. The maximum atomic E-state index is 12.5. The third kappa shape index (κ3) is 3.50. The molecule has 5 heteroatoms. The van der Waals surface area contributed by atoms with Crippen LogP contribution < -0.4 is 10.7 Å². The summed E-state index contributed by atoms with van der Waals surface area (Å²) in [4.78, 5) is 21.1. The molecule has 2 fully saturated rings. The van der Waals surface area contributed by atoms with Crippen molar-refractivity contribution in [2.45, 2.75) is 32.9 Å². The van der Waals surface area contributed by atoms with Gasteiger partial charge in [-0.15, -0.1) is 0 Å². The molecule has 0 radical (unpaired) electrons. The van der Waals surface area contributed by atoms with E-state index < -0.39 is 0 Å². The van der Waals surface area contributed by atoms with Crippen LogP contribution in [0, 0.1) is 13.8 Å². The number of benzene rings is 1. The van der Waals surface area contributed by atoms with E-state index in [-0.39, 0.29) is 5.43 Å². The van der Waals surface area contributed by atoms with E-state index in [2.05, 4.69) is 33.1 Å². The summed E-state index contributed by atoms with van der Waals surface area (Å²) in [6.07, 6.45) is 1.27. The van der Waals surface area contributed by atoms with Crippen LogP contribution in [-0.2, 0) is 6.54 Å². The van der Waals surface area contributed by atoms with Gasteiger partial charge in [-0.1, -0.05) is 6.07 Å². The van der Waals surface area contributed by atoms with Crippen molar-refractivity contribution in [3.05, 3.63) is 45.2 Å². The Kier molecular flexibility index (Phi) is 4.63. The Balaban J connectivity index is 1.47. The average Bonchev–Trinajstić information content (AvgIpc) is 3.11. The molecule has 2 saturated heterocycles. The number of aromatic nitrogens is 1. The molecular weight excluding hydrogens is 312 g/mol. The smallest absolute Gasteiger partial charge is 0.189 e. The molecule has 4 rings (SSSR count). The fraction of sp³-hybridized carbons (Fsp3) is 0.550. The Labute approximate surface area is 149 Å². The van der Waals surface area contributed by atoms with Gasteiger partial charge in [-0.25, -0.2) is 0 Å². The maximum Gasteiger partial charge on any atom is 0.189 e. The highest BCUT2D eigenvalue weighted by atomic mass is 16.1. The van der Waals surface area contributed by atoms with Crippen LogP contribution in [0.15, 0.2) is 23.0 Å². The fourth-order valence-corrected chi connectivity index (χ4v) is 4.32. The fourth-order valence-electron chi connectivity index (χ4n) is 4.32. The zero-order chi connectivity index (χ0) is 17.4. The number of nitrogens with zero attached hydrogens (tertiary/aromatic N) is 2. The van der Waals surface area contributed by atoms with E-state index in [0.29, 0.717) is 6.04 Å². The van der Waals surface area contributed by atoms with E-state index in [9.17, 15) is 4.79 Å². The van der Waals surface area contributed by atoms with Gasteiger partial charge in [0.25, 0.3) is 0 Å². The molecule has 2 N–H and O–H groups in total. The molecule has 0 amide bonds. The van der Waals surface area contributed by atoms with Gasteiger partial charge in [0.15, 0.2) is 5.43 Å². The maximum absolute atomic E-state index is 12.5. The van der Waals surface area contributed by atoms with Crippen molar-refractivity contribution < 1.29 is 0 Å². The molecule has 1 aromatic heterocycles. The number of pyridine rings is 1. The summed E-state index contributed by atoms with van der Waals surface area (Å²) < 4.78 is 0. The first-order valence-electron chi connectivity index (χ1n) is 9.40. The van der Waals surface area contributed by atoms with E-state index >= 15 is 0 Å². The van der Waals surface area contributed by atoms with Gasteiger partial charge in [0.1, 0.15) is 0 Å². The third-order valence-corrected chi connectivity index (χ3v) is 5.69. The molecule has 134 valence electrons. The van der Waals surface area contributed by atoms with Gasteiger partial charge >= 0.3 is 0 Å². The van der Waals surface area contributed by atoms with E-state index in [1.165, 1.54) is 6.42 Å². The summed E-state index contributed by atoms with van der Waals surface area (Å²) in [5.41, 5.74) is 4.43. The van der Waals surface area contributed by atoms with E-state index in [4.69, 9.17) is 0 Å². The molecule has 0 bridgehead atoms. The van der Waals surface area contributed by atoms with E-state index in [1.54, 1.807) is 6.07 Å². The van der Waals surface area contributed by atoms with Gasteiger partial charge in [0.2, 0.25) is 0 Å². The molecule has 1 atom stereocenters. The van der Waals surface area contributed by atoms with Gasteiger partial charge < -0.3 is 10.3 Å². The lowest BCUT2D eigenvalue weighted by Gasteiger charge is -2.37. The van der Waals surface area contributed by atoms with Crippen LogP contribution in [0.25, 0.3) is 10.9 Å². The van der Waals surface area contributed by atoms with Crippen LogP contribution in [0.1, 0.15) is 23.2 Å². The minimum atomic E-state index is 0.131. The Morgan fingerprint density at radius 1 is 1.12 bits per heavy atom. The van der Waals surface area contributed by atoms with Gasteiger partial charge in [0, 0.05) is 62.5 Å². The second-order valence-electron chi connectivity index (χ2n) is 7.62. The number of H-pyrrole nitrogens is 1. The van der Waals surface area contributed by atoms with Crippen LogP contribution in [0.5, 0.6) is 0 Å². The predicted octanol–water partition coefficient (Wildman–Crippen LogP) is 1.62. The molecule has 0 aliphatic carbocycles. The Bertz CT molecular complexity index is 814. The van der Waals surface area contributed by atoms with Crippen molar-refractivity contribution in [3.63, 3.8) is 0 Å². The Hall–Kier alpha value is -1.69. The summed E-state index contributed by atoms with van der Waals surface area (Å²) in [6, 6.07) is 6.62. The van der Waals surface area contributed by atoms with Crippen molar-refractivity contribution in [1.29, 1.82) is 0 Å². The van der Waals surface area contributed by atoms with E-state index in [1.807, 2.05) is 13.0 Å². The standard InChI is InChI=1S/C20H28N4O/c1-14-9-15(2)20-18(10-14)19(25)11-16(22-20)13-23-5-7-24(8-6-23)17-3-4-21-12-17/h9-11,17,21H,3-8,12-13H2,1-2H3,(H,22,25).